The average molecular weight is 610 g/mol. The molecular formula is C13H23NO20S3. The van der Waals surface area contributed by atoms with Crippen LogP contribution in [0.5, 0.6) is 0 Å². The Hall–Kier alpha value is -1.20. The van der Waals surface area contributed by atoms with Crippen molar-refractivity contribution in [3.05, 3.63) is 0 Å². The first-order valence-corrected chi connectivity index (χ1v) is 13.7. The fourth-order valence-electron chi connectivity index (χ4n) is 3.42. The van der Waals surface area contributed by atoms with Gasteiger partial charge >= 0.3 is 37.1 Å². The zero-order valence-corrected chi connectivity index (χ0v) is 20.6. The number of aliphatic hydroxyl groups is 3. The van der Waals surface area contributed by atoms with Crippen LogP contribution < -0.4 is 4.72 Å². The van der Waals surface area contributed by atoms with E-state index in [1.165, 1.54) is 4.72 Å². The van der Waals surface area contributed by atoms with Crippen LogP contribution >= 0.6 is 0 Å². The van der Waals surface area contributed by atoms with Gasteiger partial charge in [-0.05, 0) is 0 Å². The third-order valence-electron chi connectivity index (χ3n) is 4.88. The summed E-state index contributed by atoms with van der Waals surface area (Å²) in [5.41, 5.74) is 0. The lowest BCUT2D eigenvalue weighted by Gasteiger charge is -2.46. The van der Waals surface area contributed by atoms with Crippen molar-refractivity contribution in [2.45, 2.75) is 61.3 Å². The molecule has 24 heteroatoms. The summed E-state index contributed by atoms with van der Waals surface area (Å²) in [6.45, 7) is -1.21. The molecule has 2 rings (SSSR count). The second-order valence-corrected chi connectivity index (χ2v) is 10.8. The van der Waals surface area contributed by atoms with Crippen molar-refractivity contribution in [3.8, 4) is 0 Å². The minimum absolute atomic E-state index is 0.924. The van der Waals surface area contributed by atoms with Crippen LogP contribution in [0.15, 0.2) is 0 Å². The van der Waals surface area contributed by atoms with Gasteiger partial charge in [0.25, 0.3) is 0 Å². The smallest absolute Gasteiger partial charge is 0.397 e. The van der Waals surface area contributed by atoms with E-state index < -0.39 is 105 Å². The van der Waals surface area contributed by atoms with Crippen molar-refractivity contribution in [3.63, 3.8) is 0 Å². The molecule has 8 N–H and O–H groups in total. The van der Waals surface area contributed by atoms with Crippen molar-refractivity contribution in [1.29, 1.82) is 0 Å². The molecule has 2 aliphatic rings. The van der Waals surface area contributed by atoms with Crippen molar-refractivity contribution in [2.24, 2.45) is 0 Å². The highest BCUT2D eigenvalue weighted by Gasteiger charge is 2.54. The van der Waals surface area contributed by atoms with Crippen LogP contribution in [-0.4, -0.2) is 140 Å². The van der Waals surface area contributed by atoms with Gasteiger partial charge in [-0.25, -0.2) is 13.2 Å². The molecule has 2 aliphatic heterocycles. The number of hydrogen-bond acceptors (Lipinski definition) is 16. The highest BCUT2D eigenvalue weighted by Crippen LogP contribution is 2.31. The van der Waals surface area contributed by atoms with E-state index in [4.69, 9.17) is 32.6 Å². The lowest BCUT2D eigenvalue weighted by atomic mass is 9.96. The molecule has 218 valence electrons. The molecule has 0 aromatic heterocycles. The molecule has 2 heterocycles. The quantitative estimate of drug-likeness (QED) is 0.101. The third-order valence-corrected chi connectivity index (χ3v) is 6.35. The number of carbonyl (C=O) groups is 1. The first kappa shape index (κ1) is 32.0. The maximum atomic E-state index is 11.4. The number of ether oxygens (including phenoxy) is 4. The van der Waals surface area contributed by atoms with Gasteiger partial charge in [0, 0.05) is 7.11 Å². The van der Waals surface area contributed by atoms with Gasteiger partial charge in [-0.3, -0.25) is 13.7 Å². The van der Waals surface area contributed by atoms with E-state index in [1.54, 1.807) is 0 Å². The van der Waals surface area contributed by atoms with Crippen LogP contribution in [0.25, 0.3) is 0 Å². The van der Waals surface area contributed by atoms with Crippen LogP contribution in [0, 0.1) is 0 Å². The SMILES string of the molecule is CO[C@H]1O[C@H](COS(=O)(=O)O)[C@@H](O[C@@H]2O[C@@H](C(=O)O)[C@@H](O)[C@H](O)[C@H]2OS(=O)(=O)O)[C@H](O)[C@H]1NS(=O)(=O)O. The van der Waals surface area contributed by atoms with E-state index in [9.17, 15) is 50.5 Å². The summed E-state index contributed by atoms with van der Waals surface area (Å²) in [5, 5.41) is 40.1. The molecule has 21 nitrogen and oxygen atoms in total. The van der Waals surface area contributed by atoms with Crippen molar-refractivity contribution < 1.29 is 91.4 Å². The number of aliphatic hydroxyl groups excluding tert-OH is 3. The molecule has 2 saturated heterocycles. The minimum Gasteiger partial charge on any atom is -0.479 e. The molecule has 37 heavy (non-hydrogen) atoms. The Bertz CT molecular complexity index is 1120. The van der Waals surface area contributed by atoms with Gasteiger partial charge in [0.05, 0.1) is 6.61 Å². The van der Waals surface area contributed by atoms with Gasteiger partial charge in [-0.2, -0.15) is 30.0 Å². The Balaban J connectivity index is 2.49. The lowest BCUT2D eigenvalue weighted by Crippen LogP contribution is -2.68. The molecule has 2 fully saturated rings. The molecule has 0 aromatic carbocycles. The standard InChI is InChI=1S/C13H23NO20S3/c1-29-12-4(14-35(20,21)22)5(15)8(3(31-12)2-30-36(23,24)25)32-13-10(34-37(26,27)28)7(17)6(16)9(33-13)11(18)19/h3-10,12-17H,2H2,1H3,(H,18,19)(H,20,21,22)(H,23,24,25)(H,26,27,28)/t3-,4-,5-,6+,7+,8-,9-,10-,12+,13-/m1/s1. The van der Waals surface area contributed by atoms with Gasteiger partial charge in [-0.1, -0.05) is 0 Å². The van der Waals surface area contributed by atoms with Gasteiger partial charge in [0.15, 0.2) is 24.8 Å². The summed E-state index contributed by atoms with van der Waals surface area (Å²) < 4.78 is 124. The number of rotatable bonds is 11. The summed E-state index contributed by atoms with van der Waals surface area (Å²) in [6.07, 6.45) is -20.1. The zero-order valence-electron chi connectivity index (χ0n) is 18.1. The first-order valence-electron chi connectivity index (χ1n) is 9.52. The largest absolute Gasteiger partial charge is 0.479 e. The predicted octanol–water partition coefficient (Wildman–Crippen LogP) is -5.60. The average Bonchev–Trinajstić information content (AvgIpc) is 2.72. The highest BCUT2D eigenvalue weighted by molar-refractivity contribution is 7.83. The van der Waals surface area contributed by atoms with E-state index in [0.717, 1.165) is 7.11 Å². The maximum absolute atomic E-state index is 11.4. The molecular weight excluding hydrogens is 586 g/mol. The monoisotopic (exact) mass is 609 g/mol. The zero-order chi connectivity index (χ0) is 28.5. The normalized spacial score (nSPS) is 37.8. The fraction of sp³-hybridized carbons (Fsp3) is 0.923. The summed E-state index contributed by atoms with van der Waals surface area (Å²) >= 11 is 0. The summed E-state index contributed by atoms with van der Waals surface area (Å²) in [5.74, 6) is -1.91. The number of aliphatic carboxylic acids is 1. The highest BCUT2D eigenvalue weighted by atomic mass is 32.3. The molecule has 0 bridgehead atoms. The van der Waals surface area contributed by atoms with E-state index in [2.05, 4.69) is 8.37 Å². The first-order chi connectivity index (χ1) is 16.7. The van der Waals surface area contributed by atoms with E-state index in [0.29, 0.717) is 0 Å². The molecule has 0 aromatic rings. The van der Waals surface area contributed by atoms with Crippen LogP contribution in [-0.2, 0) is 63.2 Å². The van der Waals surface area contributed by atoms with Gasteiger partial charge in [-0.15, -0.1) is 0 Å². The number of nitrogens with one attached hydrogen (secondary N) is 1. The Morgan fingerprint density at radius 3 is 1.92 bits per heavy atom. The van der Waals surface area contributed by atoms with E-state index in [-0.39, 0.29) is 0 Å². The Kier molecular flexibility index (Phi) is 10.3. The van der Waals surface area contributed by atoms with Crippen LogP contribution in [0.2, 0.25) is 0 Å². The molecule has 0 spiro atoms. The number of hydrogen-bond donors (Lipinski definition) is 8. The van der Waals surface area contributed by atoms with Gasteiger partial charge in [0.2, 0.25) is 0 Å². The molecule has 0 saturated carbocycles. The van der Waals surface area contributed by atoms with Crippen LogP contribution in [0.4, 0.5) is 0 Å². The molecule has 0 unspecified atom stereocenters. The molecule has 0 radical (unpaired) electrons. The second-order valence-electron chi connectivity index (χ2n) is 7.43. The van der Waals surface area contributed by atoms with Crippen molar-refractivity contribution in [2.75, 3.05) is 13.7 Å². The van der Waals surface area contributed by atoms with Gasteiger partial charge < -0.3 is 39.4 Å². The second kappa shape index (κ2) is 11.9. The van der Waals surface area contributed by atoms with Crippen molar-refractivity contribution in [1.82, 2.24) is 4.72 Å². The van der Waals surface area contributed by atoms with Crippen LogP contribution in [0.3, 0.4) is 0 Å². The summed E-state index contributed by atoms with van der Waals surface area (Å²) in [4.78, 5) is 11.4. The predicted molar refractivity (Wildman–Crippen MR) is 107 cm³/mol. The minimum atomic E-state index is -5.45. The number of carboxylic acid groups (broad SMARTS) is 1. The Morgan fingerprint density at radius 1 is 0.865 bits per heavy atom. The van der Waals surface area contributed by atoms with Crippen LogP contribution in [0.1, 0.15) is 0 Å². The van der Waals surface area contributed by atoms with E-state index >= 15 is 0 Å². The summed E-state index contributed by atoms with van der Waals surface area (Å²) in [6, 6.07) is -1.96. The molecule has 0 aliphatic carbocycles. The van der Waals surface area contributed by atoms with Crippen molar-refractivity contribution >= 4 is 37.1 Å². The van der Waals surface area contributed by atoms with Gasteiger partial charge in [0.1, 0.15) is 36.6 Å². The molecule has 10 atom stereocenters. The lowest BCUT2D eigenvalue weighted by molar-refractivity contribution is -0.338. The Morgan fingerprint density at radius 2 is 1.46 bits per heavy atom. The third kappa shape index (κ3) is 8.92. The molecule has 0 amide bonds. The topological polar surface area (TPSA) is 329 Å². The fourth-order valence-corrected chi connectivity index (χ4v) is 4.81. The number of carboxylic acids is 1. The van der Waals surface area contributed by atoms with E-state index in [1.807, 2.05) is 0 Å². The Labute approximate surface area is 208 Å². The maximum Gasteiger partial charge on any atom is 0.397 e. The number of methoxy groups -OCH3 is 1. The summed E-state index contributed by atoms with van der Waals surface area (Å²) in [7, 11) is -14.8.